The molecule has 154 valence electrons. The molecule has 0 N–H and O–H groups in total. The number of benzene rings is 1. The second-order valence-corrected chi connectivity index (χ2v) is 10.7. The maximum Gasteiger partial charge on any atom is 0.250 e. The lowest BCUT2D eigenvalue weighted by Gasteiger charge is -2.22. The minimum atomic E-state index is -1.84. The number of rotatable bonds is 6. The predicted molar refractivity (Wildman–Crippen MR) is 120 cm³/mol. The van der Waals surface area contributed by atoms with Crippen LogP contribution in [0.5, 0.6) is 0 Å². The van der Waals surface area contributed by atoms with Crippen LogP contribution in [0.2, 0.25) is 0 Å². The minimum absolute atomic E-state index is 0.0718. The fraction of sp³-hybridized carbons (Fsp3) is 0.500. The van der Waals surface area contributed by atoms with E-state index in [2.05, 4.69) is 58.8 Å². The Morgan fingerprint density at radius 1 is 0.821 bits per heavy atom. The molecule has 0 saturated heterocycles. The summed E-state index contributed by atoms with van der Waals surface area (Å²) in [4.78, 5) is 14.7. The molecular weight excluding hydrogens is 485 g/mol. The van der Waals surface area contributed by atoms with E-state index in [9.17, 15) is 0 Å². The van der Waals surface area contributed by atoms with Crippen LogP contribution in [0.1, 0.15) is 42.4 Å². The maximum absolute atomic E-state index is 5.91. The van der Waals surface area contributed by atoms with E-state index in [0.29, 0.717) is 18.7 Å². The number of alkyl halides is 6. The van der Waals surface area contributed by atoms with E-state index >= 15 is 0 Å². The van der Waals surface area contributed by atoms with E-state index in [0.717, 1.165) is 13.1 Å². The number of aryl methyl sites for hydroxylation is 3. The van der Waals surface area contributed by atoms with Gasteiger partial charge in [0.15, 0.2) is 11.6 Å². The summed E-state index contributed by atoms with van der Waals surface area (Å²) in [6.07, 6.45) is 1.17. The third kappa shape index (κ3) is 6.38. The number of aromatic nitrogens is 3. The van der Waals surface area contributed by atoms with Crippen molar-refractivity contribution in [1.82, 2.24) is 15.0 Å². The second-order valence-electron chi connectivity index (χ2n) is 6.18. The number of nitrogens with zero attached hydrogens (tertiary/aromatic N) is 4. The van der Waals surface area contributed by atoms with Gasteiger partial charge in [0.1, 0.15) is 5.82 Å². The SMILES string of the molecule is CCN(CC)c1ccc(CCc2nc(C(Cl)(Cl)Cl)nc(C(Cl)(Cl)Cl)n2)c(C)c1. The van der Waals surface area contributed by atoms with Gasteiger partial charge in [0.25, 0.3) is 0 Å². The monoisotopic (exact) mass is 502 g/mol. The van der Waals surface area contributed by atoms with Crippen LogP contribution in [0.15, 0.2) is 18.2 Å². The van der Waals surface area contributed by atoms with Crippen LogP contribution in [-0.2, 0) is 20.4 Å². The van der Waals surface area contributed by atoms with Crippen molar-refractivity contribution in [1.29, 1.82) is 0 Å². The second kappa shape index (κ2) is 9.72. The van der Waals surface area contributed by atoms with Gasteiger partial charge in [-0.25, -0.2) is 15.0 Å². The lowest BCUT2D eigenvalue weighted by Crippen LogP contribution is -2.21. The van der Waals surface area contributed by atoms with Crippen molar-refractivity contribution in [2.75, 3.05) is 18.0 Å². The molecular formula is C18H20Cl6N4. The highest BCUT2D eigenvalue weighted by Gasteiger charge is 2.33. The van der Waals surface area contributed by atoms with Crippen molar-refractivity contribution in [3.8, 4) is 0 Å². The van der Waals surface area contributed by atoms with Crippen molar-refractivity contribution in [2.45, 2.75) is 41.2 Å². The molecule has 4 nitrogen and oxygen atoms in total. The molecule has 10 heteroatoms. The molecule has 2 rings (SSSR count). The summed E-state index contributed by atoms with van der Waals surface area (Å²) in [6, 6.07) is 6.40. The molecule has 0 radical (unpaired) electrons. The van der Waals surface area contributed by atoms with Crippen LogP contribution >= 0.6 is 69.6 Å². The highest BCUT2D eigenvalue weighted by atomic mass is 35.6. The van der Waals surface area contributed by atoms with Gasteiger partial charge in [0.05, 0.1) is 0 Å². The van der Waals surface area contributed by atoms with Crippen molar-refractivity contribution < 1.29 is 0 Å². The molecule has 1 heterocycles. The predicted octanol–water partition coefficient (Wildman–Crippen LogP) is 6.46. The summed E-state index contributed by atoms with van der Waals surface area (Å²) in [5, 5.41) is 0. The van der Waals surface area contributed by atoms with Gasteiger partial charge < -0.3 is 4.90 Å². The molecule has 0 aliphatic carbocycles. The van der Waals surface area contributed by atoms with E-state index < -0.39 is 7.59 Å². The molecule has 0 amide bonds. The van der Waals surface area contributed by atoms with Crippen molar-refractivity contribution in [3.05, 3.63) is 46.8 Å². The zero-order chi connectivity index (χ0) is 21.1. The summed E-state index contributed by atoms with van der Waals surface area (Å²) in [6.45, 7) is 8.27. The highest BCUT2D eigenvalue weighted by Crippen LogP contribution is 2.40. The molecule has 0 unspecified atom stereocenters. The largest absolute Gasteiger partial charge is 0.372 e. The molecule has 0 spiro atoms. The normalized spacial score (nSPS) is 12.3. The average Bonchev–Trinajstić information content (AvgIpc) is 2.60. The van der Waals surface area contributed by atoms with E-state index in [1.54, 1.807) is 0 Å². The Labute approximate surface area is 195 Å². The highest BCUT2D eigenvalue weighted by molar-refractivity contribution is 6.67. The Bertz CT molecular complexity index is 780. The lowest BCUT2D eigenvalue weighted by molar-refractivity contribution is 0.757. The van der Waals surface area contributed by atoms with Crippen LogP contribution in [0.25, 0.3) is 0 Å². The number of hydrogen-bond donors (Lipinski definition) is 0. The molecule has 2 aromatic rings. The molecule has 0 aliphatic heterocycles. The van der Waals surface area contributed by atoms with Crippen molar-refractivity contribution >= 4 is 75.3 Å². The van der Waals surface area contributed by atoms with E-state index in [4.69, 9.17) is 69.6 Å². The van der Waals surface area contributed by atoms with E-state index in [1.165, 1.54) is 16.8 Å². The molecule has 0 atom stereocenters. The van der Waals surface area contributed by atoms with Gasteiger partial charge in [0, 0.05) is 25.2 Å². The first-order valence-electron chi connectivity index (χ1n) is 8.69. The molecule has 1 aromatic heterocycles. The van der Waals surface area contributed by atoms with Gasteiger partial charge in [-0.3, -0.25) is 0 Å². The van der Waals surface area contributed by atoms with Crippen molar-refractivity contribution in [2.24, 2.45) is 0 Å². The van der Waals surface area contributed by atoms with Gasteiger partial charge in [-0.15, -0.1) is 0 Å². The zero-order valence-electron chi connectivity index (χ0n) is 15.6. The van der Waals surface area contributed by atoms with E-state index in [1.807, 2.05) is 0 Å². The van der Waals surface area contributed by atoms with Gasteiger partial charge in [-0.2, -0.15) is 0 Å². The summed E-state index contributed by atoms with van der Waals surface area (Å²) in [5.74, 6) is 0.250. The van der Waals surface area contributed by atoms with Crippen LogP contribution < -0.4 is 4.90 Å². The van der Waals surface area contributed by atoms with Crippen LogP contribution in [0.4, 0.5) is 5.69 Å². The Morgan fingerprint density at radius 2 is 1.36 bits per heavy atom. The first-order chi connectivity index (χ1) is 13.0. The van der Waals surface area contributed by atoms with Crippen LogP contribution in [-0.4, -0.2) is 28.0 Å². The fourth-order valence-corrected chi connectivity index (χ4v) is 3.28. The summed E-state index contributed by atoms with van der Waals surface area (Å²) >= 11 is 35.5. The lowest BCUT2D eigenvalue weighted by atomic mass is 10.0. The smallest absolute Gasteiger partial charge is 0.250 e. The van der Waals surface area contributed by atoms with E-state index in [-0.39, 0.29) is 11.6 Å². The number of anilines is 1. The third-order valence-corrected chi connectivity index (χ3v) is 5.28. The summed E-state index contributed by atoms with van der Waals surface area (Å²) < 4.78 is -3.69. The minimum Gasteiger partial charge on any atom is -0.372 e. The molecule has 0 fully saturated rings. The Morgan fingerprint density at radius 3 is 1.79 bits per heavy atom. The molecule has 0 aliphatic rings. The average molecular weight is 505 g/mol. The summed E-state index contributed by atoms with van der Waals surface area (Å²) in [5.41, 5.74) is 3.55. The molecule has 0 saturated carbocycles. The Kier molecular flexibility index (Phi) is 8.35. The molecule has 1 aromatic carbocycles. The quantitative estimate of drug-likeness (QED) is 0.423. The standard InChI is InChI=1S/C18H20Cl6N4/c1-4-28(5-2)13-8-6-12(11(3)10-13)7-9-14-25-15(17(19,20)21)27-16(26-14)18(22,23)24/h6,8,10H,4-5,7,9H2,1-3H3. The van der Waals surface area contributed by atoms with Crippen molar-refractivity contribution in [3.63, 3.8) is 0 Å². The van der Waals surface area contributed by atoms with Crippen LogP contribution in [0.3, 0.4) is 0 Å². The fourth-order valence-electron chi connectivity index (χ4n) is 2.78. The molecule has 0 bridgehead atoms. The first-order valence-corrected chi connectivity index (χ1v) is 11.0. The first kappa shape index (κ1) is 24.0. The molecule has 28 heavy (non-hydrogen) atoms. The van der Waals surface area contributed by atoms with Gasteiger partial charge in [-0.1, -0.05) is 75.7 Å². The van der Waals surface area contributed by atoms with Gasteiger partial charge in [0.2, 0.25) is 7.59 Å². The van der Waals surface area contributed by atoms with Gasteiger partial charge in [-0.05, 0) is 50.5 Å². The Balaban J connectivity index is 2.27. The van der Waals surface area contributed by atoms with Crippen LogP contribution in [0, 0.1) is 6.92 Å². The Hall–Kier alpha value is -0.230. The zero-order valence-corrected chi connectivity index (χ0v) is 20.2. The maximum atomic E-state index is 5.91. The number of halogens is 6. The number of hydrogen-bond acceptors (Lipinski definition) is 4. The third-order valence-electron chi connectivity index (χ3n) is 4.26. The van der Waals surface area contributed by atoms with Gasteiger partial charge >= 0.3 is 0 Å². The summed E-state index contributed by atoms with van der Waals surface area (Å²) in [7, 11) is 0. The topological polar surface area (TPSA) is 41.9 Å².